The van der Waals surface area contributed by atoms with Crippen LogP contribution in [0.4, 0.5) is 16.0 Å². The molecule has 210 valence electrons. The van der Waals surface area contributed by atoms with E-state index in [1.807, 2.05) is 9.58 Å². The van der Waals surface area contributed by atoms with Crippen LogP contribution in [0.2, 0.25) is 0 Å². The molecule has 6 heterocycles. The molecular formula is C25H24FN11O4. The average Bonchev–Trinajstić information content (AvgIpc) is 3.78. The number of H-pyrrole nitrogens is 1. The third-order valence-electron chi connectivity index (χ3n) is 6.94. The summed E-state index contributed by atoms with van der Waals surface area (Å²) < 4.78 is 33.9. The number of anilines is 2. The zero-order valence-electron chi connectivity index (χ0n) is 21.6. The summed E-state index contributed by atoms with van der Waals surface area (Å²) >= 11 is 0. The Hall–Kier alpha value is -5.25. The zero-order valence-corrected chi connectivity index (χ0v) is 21.6. The monoisotopic (exact) mass is 561 g/mol. The van der Waals surface area contributed by atoms with Crippen LogP contribution in [-0.2, 0) is 13.2 Å². The van der Waals surface area contributed by atoms with Crippen molar-refractivity contribution < 1.29 is 18.0 Å². The standard InChI is InChI=1S/C25H24FN11O4/c26-17-12-15(40-14-20-31-32-25(38)41-20)3-4-18(17)35-8-5-34(6-9-35)7-10-36-22-16(13-28-36)23-29-21(19-2-1-11-39-19)33-37(23)24(27)30-22/h1-4,11-13H,5-10,14H2,(H2,27,30)(H,32,38). The molecule has 15 nitrogen and oxygen atoms in total. The lowest BCUT2D eigenvalue weighted by Crippen LogP contribution is -2.47. The molecule has 0 atom stereocenters. The third kappa shape index (κ3) is 4.73. The summed E-state index contributed by atoms with van der Waals surface area (Å²) in [7, 11) is 0. The van der Waals surface area contributed by atoms with Crippen molar-refractivity contribution in [3.05, 3.63) is 65.1 Å². The van der Waals surface area contributed by atoms with Crippen LogP contribution in [0, 0.1) is 5.82 Å². The highest BCUT2D eigenvalue weighted by Crippen LogP contribution is 2.26. The maximum atomic E-state index is 14.9. The normalized spacial score (nSPS) is 14.4. The molecule has 0 bridgehead atoms. The van der Waals surface area contributed by atoms with E-state index in [4.69, 9.17) is 19.3 Å². The van der Waals surface area contributed by atoms with E-state index in [9.17, 15) is 9.18 Å². The van der Waals surface area contributed by atoms with Gasteiger partial charge in [0.1, 0.15) is 11.6 Å². The van der Waals surface area contributed by atoms with E-state index in [0.717, 1.165) is 25.0 Å². The number of fused-ring (bicyclic) bond motifs is 3. The molecule has 3 N–H and O–H groups in total. The summed E-state index contributed by atoms with van der Waals surface area (Å²) in [4.78, 5) is 24.4. The molecule has 5 aromatic heterocycles. The number of ether oxygens (including phenoxy) is 1. The van der Waals surface area contributed by atoms with Crippen molar-refractivity contribution >= 4 is 28.3 Å². The molecule has 1 fully saturated rings. The Morgan fingerprint density at radius 2 is 1.98 bits per heavy atom. The Morgan fingerprint density at radius 3 is 2.73 bits per heavy atom. The number of aromatic amines is 1. The van der Waals surface area contributed by atoms with E-state index < -0.39 is 5.76 Å². The quantitative estimate of drug-likeness (QED) is 0.275. The summed E-state index contributed by atoms with van der Waals surface area (Å²) in [5.41, 5.74) is 7.89. The van der Waals surface area contributed by atoms with Gasteiger partial charge in [0.25, 0.3) is 5.89 Å². The molecule has 0 amide bonds. The molecule has 1 aliphatic heterocycles. The van der Waals surface area contributed by atoms with Gasteiger partial charge < -0.3 is 24.2 Å². The fraction of sp³-hybridized carbons (Fsp3) is 0.280. The molecule has 16 heteroatoms. The molecule has 0 saturated carbocycles. The summed E-state index contributed by atoms with van der Waals surface area (Å²) in [6.45, 7) is 4.09. The second kappa shape index (κ2) is 10.1. The Labute approximate surface area is 229 Å². The van der Waals surface area contributed by atoms with Gasteiger partial charge in [-0.25, -0.2) is 23.9 Å². The number of hydrogen-bond acceptors (Lipinski definition) is 12. The summed E-state index contributed by atoms with van der Waals surface area (Å²) in [6.07, 6.45) is 3.28. The highest BCUT2D eigenvalue weighted by atomic mass is 19.1. The zero-order chi connectivity index (χ0) is 27.9. The lowest BCUT2D eigenvalue weighted by atomic mass is 10.2. The molecular weight excluding hydrogens is 537 g/mol. The largest absolute Gasteiger partial charge is 0.484 e. The van der Waals surface area contributed by atoms with E-state index in [-0.39, 0.29) is 24.3 Å². The van der Waals surface area contributed by atoms with Crippen LogP contribution >= 0.6 is 0 Å². The predicted octanol–water partition coefficient (Wildman–Crippen LogP) is 1.53. The molecule has 0 unspecified atom stereocenters. The van der Waals surface area contributed by atoms with Crippen LogP contribution in [0.25, 0.3) is 28.3 Å². The van der Waals surface area contributed by atoms with Gasteiger partial charge in [-0.2, -0.15) is 14.6 Å². The highest BCUT2D eigenvalue weighted by molar-refractivity contribution is 5.90. The smallest absolute Gasteiger partial charge is 0.434 e. The second-order valence-corrected chi connectivity index (χ2v) is 9.46. The molecule has 1 saturated heterocycles. The van der Waals surface area contributed by atoms with Crippen molar-refractivity contribution in [3.63, 3.8) is 0 Å². The molecule has 41 heavy (non-hydrogen) atoms. The lowest BCUT2D eigenvalue weighted by Gasteiger charge is -2.36. The fourth-order valence-corrected chi connectivity index (χ4v) is 4.88. The van der Waals surface area contributed by atoms with Crippen LogP contribution in [0.15, 0.2) is 56.4 Å². The third-order valence-corrected chi connectivity index (χ3v) is 6.94. The topological polar surface area (TPSA) is 175 Å². The van der Waals surface area contributed by atoms with Gasteiger partial charge in [0.05, 0.1) is 30.1 Å². The molecule has 0 radical (unpaired) electrons. The van der Waals surface area contributed by atoms with Crippen LogP contribution in [-0.4, -0.2) is 77.2 Å². The Kier molecular flexibility index (Phi) is 6.07. The van der Waals surface area contributed by atoms with E-state index in [0.29, 0.717) is 54.0 Å². The maximum Gasteiger partial charge on any atom is 0.434 e. The number of nitrogens with one attached hydrogen (secondary N) is 1. The molecule has 6 aromatic rings. The summed E-state index contributed by atoms with van der Waals surface area (Å²) in [5.74, 6) is 0.515. The van der Waals surface area contributed by atoms with Gasteiger partial charge in [0.15, 0.2) is 23.7 Å². The van der Waals surface area contributed by atoms with E-state index in [1.54, 1.807) is 36.7 Å². The van der Waals surface area contributed by atoms with Crippen molar-refractivity contribution in [3.8, 4) is 17.3 Å². The number of nitrogen functional groups attached to an aromatic ring is 1. The van der Waals surface area contributed by atoms with Crippen molar-refractivity contribution in [1.29, 1.82) is 0 Å². The minimum absolute atomic E-state index is 0.0836. The molecule has 1 aromatic carbocycles. The van der Waals surface area contributed by atoms with Gasteiger partial charge in [0.2, 0.25) is 11.8 Å². The lowest BCUT2D eigenvalue weighted by molar-refractivity contribution is 0.244. The number of rotatable bonds is 8. The number of nitrogens with two attached hydrogens (primary N) is 1. The van der Waals surface area contributed by atoms with Crippen molar-refractivity contribution in [2.45, 2.75) is 13.2 Å². The Bertz CT molecular complexity index is 1880. The summed E-state index contributed by atoms with van der Waals surface area (Å²) in [6, 6.07) is 8.24. The van der Waals surface area contributed by atoms with Gasteiger partial charge in [-0.05, 0) is 24.3 Å². The van der Waals surface area contributed by atoms with Crippen LogP contribution in [0.1, 0.15) is 5.89 Å². The molecule has 1 aliphatic rings. The first-order valence-electron chi connectivity index (χ1n) is 12.9. The minimum Gasteiger partial charge on any atom is -0.484 e. The first-order chi connectivity index (χ1) is 20.0. The highest BCUT2D eigenvalue weighted by Gasteiger charge is 2.21. The van der Waals surface area contributed by atoms with Crippen LogP contribution < -0.4 is 21.1 Å². The fourth-order valence-electron chi connectivity index (χ4n) is 4.88. The van der Waals surface area contributed by atoms with Crippen molar-refractivity contribution in [1.82, 2.24) is 44.5 Å². The number of aromatic nitrogens is 8. The van der Waals surface area contributed by atoms with Crippen LogP contribution in [0.3, 0.4) is 0 Å². The number of halogens is 1. The number of piperazine rings is 1. The first-order valence-corrected chi connectivity index (χ1v) is 12.9. The SMILES string of the molecule is Nc1nc2c(cnn2CCN2CCN(c3ccc(OCc4n[nH]c(=O)o4)cc3F)CC2)c2nc(-c3ccco3)nn12. The van der Waals surface area contributed by atoms with Crippen molar-refractivity contribution in [2.24, 2.45) is 0 Å². The average molecular weight is 562 g/mol. The van der Waals surface area contributed by atoms with E-state index in [2.05, 4.69) is 35.3 Å². The van der Waals surface area contributed by atoms with Gasteiger partial charge in [-0.1, -0.05) is 0 Å². The van der Waals surface area contributed by atoms with Gasteiger partial charge in [-0.3, -0.25) is 4.90 Å². The minimum atomic E-state index is -0.669. The first kappa shape index (κ1) is 24.8. The van der Waals surface area contributed by atoms with Crippen LogP contribution in [0.5, 0.6) is 5.75 Å². The number of benzene rings is 1. The number of furan rings is 1. The number of hydrogen-bond donors (Lipinski definition) is 2. The van der Waals surface area contributed by atoms with E-state index in [1.165, 1.54) is 10.6 Å². The Morgan fingerprint density at radius 1 is 1.10 bits per heavy atom. The van der Waals surface area contributed by atoms with Gasteiger partial charge >= 0.3 is 5.76 Å². The van der Waals surface area contributed by atoms with Crippen molar-refractivity contribution in [2.75, 3.05) is 43.4 Å². The number of nitrogens with zero attached hydrogens (tertiary/aromatic N) is 9. The predicted molar refractivity (Wildman–Crippen MR) is 143 cm³/mol. The van der Waals surface area contributed by atoms with E-state index >= 15 is 0 Å². The van der Waals surface area contributed by atoms with Gasteiger partial charge in [0, 0.05) is 38.8 Å². The molecule has 0 spiro atoms. The molecule has 7 rings (SSSR count). The maximum absolute atomic E-state index is 14.9. The molecule has 0 aliphatic carbocycles. The summed E-state index contributed by atoms with van der Waals surface area (Å²) in [5, 5.41) is 15.5. The second-order valence-electron chi connectivity index (χ2n) is 9.46. The van der Waals surface area contributed by atoms with Gasteiger partial charge in [-0.15, -0.1) is 10.2 Å². The Balaban J connectivity index is 0.977.